The van der Waals surface area contributed by atoms with Gasteiger partial charge in [-0.1, -0.05) is 0 Å². The molecular formula is C23H18F4N4O4S. The van der Waals surface area contributed by atoms with Crippen LogP contribution in [0, 0.1) is 5.82 Å². The van der Waals surface area contributed by atoms with Crippen molar-refractivity contribution in [3.63, 3.8) is 0 Å². The van der Waals surface area contributed by atoms with Crippen LogP contribution in [0.1, 0.15) is 24.7 Å². The number of fused-ring (bicyclic) bond motifs is 1. The number of carbonyl (C=O) groups is 1. The fraction of sp³-hybridized carbons (Fsp3) is 0.217. The van der Waals surface area contributed by atoms with Crippen molar-refractivity contribution in [1.82, 2.24) is 19.9 Å². The Kier molecular flexibility index (Phi) is 6.87. The zero-order valence-corrected chi connectivity index (χ0v) is 19.4. The molecule has 0 radical (unpaired) electrons. The van der Waals surface area contributed by atoms with Crippen molar-refractivity contribution in [2.24, 2.45) is 0 Å². The fourth-order valence-electron chi connectivity index (χ4n) is 3.36. The van der Waals surface area contributed by atoms with Crippen molar-refractivity contribution in [3.8, 4) is 11.3 Å². The van der Waals surface area contributed by atoms with Gasteiger partial charge in [0.2, 0.25) is 5.09 Å². The van der Waals surface area contributed by atoms with Gasteiger partial charge >= 0.3 is 6.18 Å². The van der Waals surface area contributed by atoms with E-state index in [2.05, 4.69) is 19.9 Å². The summed E-state index contributed by atoms with van der Waals surface area (Å²) < 4.78 is 84.2. The molecule has 0 fully saturated rings. The minimum atomic E-state index is -4.60. The summed E-state index contributed by atoms with van der Waals surface area (Å²) in [7, 11) is -4.19. The Morgan fingerprint density at radius 3 is 2.56 bits per heavy atom. The number of halogens is 4. The van der Waals surface area contributed by atoms with Crippen molar-refractivity contribution >= 4 is 26.8 Å². The van der Waals surface area contributed by atoms with Crippen LogP contribution in [0.5, 0.6) is 0 Å². The van der Waals surface area contributed by atoms with Gasteiger partial charge < -0.3 is 4.42 Å². The number of Topliss-reactive ketones (excluding diaryl/α,β-unsaturated/α-hetero) is 1. The summed E-state index contributed by atoms with van der Waals surface area (Å²) >= 11 is 0. The maximum Gasteiger partial charge on any atom is 0.435 e. The van der Waals surface area contributed by atoms with Crippen LogP contribution >= 0.6 is 0 Å². The number of aromatic nitrogens is 3. The molecule has 188 valence electrons. The Labute approximate surface area is 202 Å². The number of nitrogens with zero attached hydrogens (tertiary/aromatic N) is 3. The maximum absolute atomic E-state index is 13.4. The second-order valence-electron chi connectivity index (χ2n) is 7.89. The second kappa shape index (κ2) is 9.74. The van der Waals surface area contributed by atoms with Gasteiger partial charge in [0, 0.05) is 35.3 Å². The Morgan fingerprint density at radius 2 is 1.86 bits per heavy atom. The molecular weight excluding hydrogens is 504 g/mol. The number of benzene rings is 1. The van der Waals surface area contributed by atoms with E-state index in [0.717, 1.165) is 24.3 Å². The fourth-order valence-corrected chi connectivity index (χ4v) is 4.55. The van der Waals surface area contributed by atoms with Crippen LogP contribution in [0.3, 0.4) is 0 Å². The predicted molar refractivity (Wildman–Crippen MR) is 120 cm³/mol. The summed E-state index contributed by atoms with van der Waals surface area (Å²) in [6, 6.07) is 8.74. The van der Waals surface area contributed by atoms with Crippen LogP contribution in [-0.2, 0) is 27.4 Å². The minimum absolute atomic E-state index is 0.0653. The van der Waals surface area contributed by atoms with Crippen molar-refractivity contribution in [3.05, 3.63) is 71.9 Å². The monoisotopic (exact) mass is 522 g/mol. The van der Waals surface area contributed by atoms with E-state index in [-0.39, 0.29) is 29.5 Å². The molecule has 1 N–H and O–H groups in total. The Hall–Kier alpha value is -3.71. The largest absolute Gasteiger partial charge is 0.443 e. The molecule has 4 rings (SSSR count). The molecule has 13 heteroatoms. The molecule has 0 saturated heterocycles. The lowest BCUT2D eigenvalue weighted by molar-refractivity contribution is -0.141. The van der Waals surface area contributed by atoms with Crippen molar-refractivity contribution in [2.45, 2.75) is 37.1 Å². The highest BCUT2D eigenvalue weighted by molar-refractivity contribution is 7.89. The average molecular weight is 522 g/mol. The van der Waals surface area contributed by atoms with E-state index in [4.69, 9.17) is 4.42 Å². The number of furan rings is 1. The van der Waals surface area contributed by atoms with Gasteiger partial charge in [-0.2, -0.15) is 17.9 Å². The van der Waals surface area contributed by atoms with Gasteiger partial charge in [-0.05, 0) is 55.8 Å². The Morgan fingerprint density at radius 1 is 1.08 bits per heavy atom. The lowest BCUT2D eigenvalue weighted by Crippen LogP contribution is -2.38. The topological polar surface area (TPSA) is 115 Å². The number of hydrogen-bond donors (Lipinski definition) is 1. The summed E-state index contributed by atoms with van der Waals surface area (Å²) in [5.41, 5.74) is 0.183. The number of nitrogens with one attached hydrogen (secondary N) is 1. The van der Waals surface area contributed by atoms with Gasteiger partial charge in [0.25, 0.3) is 10.0 Å². The summed E-state index contributed by atoms with van der Waals surface area (Å²) in [5, 5.41) is 6.60. The number of ketones is 1. The van der Waals surface area contributed by atoms with Crippen LogP contribution in [0.25, 0.3) is 22.2 Å². The molecule has 8 nitrogen and oxygen atoms in total. The number of rotatable bonds is 8. The van der Waals surface area contributed by atoms with Crippen LogP contribution in [0.4, 0.5) is 17.6 Å². The molecule has 1 atom stereocenters. The minimum Gasteiger partial charge on any atom is -0.443 e. The van der Waals surface area contributed by atoms with E-state index in [0.29, 0.717) is 11.3 Å². The van der Waals surface area contributed by atoms with E-state index in [1.165, 1.54) is 25.3 Å². The number of carbonyl (C=O) groups excluding carboxylic acids is 1. The predicted octanol–water partition coefficient (Wildman–Crippen LogP) is 4.31. The van der Waals surface area contributed by atoms with Crippen molar-refractivity contribution in [1.29, 1.82) is 0 Å². The van der Waals surface area contributed by atoms with Crippen molar-refractivity contribution < 1.29 is 35.2 Å². The summed E-state index contributed by atoms with van der Waals surface area (Å²) in [4.78, 5) is 16.7. The average Bonchev–Trinajstić information content (AvgIpc) is 3.26. The van der Waals surface area contributed by atoms with E-state index in [1.54, 1.807) is 12.1 Å². The standard InChI is InChI=1S/C23H18F4N4O4S/c1-13(31-36(33,34)22-12-15-10-16(24)2-6-20(15)35-22)19(32)5-3-17-11-14(8-9-28-17)18-4-7-21(30-29-18)23(25,26)27/h2,4,6-13,31H,3,5H2,1H3/t13-/m0/s1. The Bertz CT molecular complexity index is 1520. The summed E-state index contributed by atoms with van der Waals surface area (Å²) in [6.45, 7) is 1.38. The van der Waals surface area contributed by atoms with E-state index < -0.39 is 44.6 Å². The molecule has 0 aliphatic heterocycles. The SMILES string of the molecule is C[C@H](NS(=O)(=O)c1cc2cc(F)ccc2o1)C(=O)CCc1cc(-c2ccc(C(F)(F)F)nn2)ccn1. The number of pyridine rings is 1. The van der Waals surface area contributed by atoms with Crippen molar-refractivity contribution in [2.75, 3.05) is 0 Å². The zero-order valence-electron chi connectivity index (χ0n) is 18.6. The van der Waals surface area contributed by atoms with Gasteiger partial charge in [0.1, 0.15) is 11.4 Å². The van der Waals surface area contributed by atoms with Gasteiger partial charge in [0.05, 0.1) is 11.7 Å². The molecule has 0 unspecified atom stereocenters. The number of alkyl halides is 3. The normalized spacial score (nSPS) is 13.1. The molecule has 0 aliphatic carbocycles. The second-order valence-corrected chi connectivity index (χ2v) is 9.54. The summed E-state index contributed by atoms with van der Waals surface area (Å²) in [6.07, 6.45) is -3.10. The zero-order chi connectivity index (χ0) is 26.1. The molecule has 0 amide bonds. The molecule has 3 aromatic heterocycles. The van der Waals surface area contributed by atoms with Crippen LogP contribution in [0.2, 0.25) is 0 Å². The Balaban J connectivity index is 1.39. The molecule has 3 heterocycles. The molecule has 4 aromatic rings. The third-order valence-corrected chi connectivity index (χ3v) is 6.63. The third-order valence-electron chi connectivity index (χ3n) is 5.23. The first-order valence-corrected chi connectivity index (χ1v) is 12.0. The van der Waals surface area contributed by atoms with Gasteiger partial charge in [0.15, 0.2) is 11.5 Å². The van der Waals surface area contributed by atoms with Gasteiger partial charge in [-0.15, -0.1) is 10.2 Å². The molecule has 0 bridgehead atoms. The van der Waals surface area contributed by atoms with E-state index in [9.17, 15) is 30.8 Å². The molecule has 1 aromatic carbocycles. The first-order chi connectivity index (χ1) is 16.9. The van der Waals surface area contributed by atoms with E-state index >= 15 is 0 Å². The molecule has 36 heavy (non-hydrogen) atoms. The highest BCUT2D eigenvalue weighted by atomic mass is 32.2. The van der Waals surface area contributed by atoms with Crippen LogP contribution < -0.4 is 4.72 Å². The smallest absolute Gasteiger partial charge is 0.435 e. The lowest BCUT2D eigenvalue weighted by atomic mass is 10.1. The van der Waals surface area contributed by atoms with Gasteiger partial charge in [-0.3, -0.25) is 9.78 Å². The summed E-state index contributed by atoms with van der Waals surface area (Å²) in [5.74, 6) is -0.978. The molecule has 0 spiro atoms. The number of hydrogen-bond acceptors (Lipinski definition) is 7. The highest BCUT2D eigenvalue weighted by Crippen LogP contribution is 2.28. The highest BCUT2D eigenvalue weighted by Gasteiger charge is 2.33. The third kappa shape index (κ3) is 5.74. The van der Waals surface area contributed by atoms with E-state index in [1.807, 2.05) is 0 Å². The lowest BCUT2D eigenvalue weighted by Gasteiger charge is -2.12. The molecule has 0 saturated carbocycles. The number of aryl methyl sites for hydroxylation is 1. The maximum atomic E-state index is 13.4. The quantitative estimate of drug-likeness (QED) is 0.343. The first kappa shape index (κ1) is 25.4. The molecule has 0 aliphatic rings. The van der Waals surface area contributed by atoms with Gasteiger partial charge in [-0.25, -0.2) is 12.8 Å². The van der Waals surface area contributed by atoms with Crippen LogP contribution in [-0.4, -0.2) is 35.4 Å². The number of sulfonamides is 1. The first-order valence-electron chi connectivity index (χ1n) is 10.5. The van der Waals surface area contributed by atoms with Crippen LogP contribution in [0.15, 0.2) is 64.2 Å².